The first-order valence-corrected chi connectivity index (χ1v) is 7.34. The van der Waals surface area contributed by atoms with Gasteiger partial charge < -0.3 is 14.2 Å². The van der Waals surface area contributed by atoms with Crippen LogP contribution < -0.4 is 14.2 Å². The molecule has 4 nitrogen and oxygen atoms in total. The Morgan fingerprint density at radius 3 is 2.13 bits per heavy atom. The maximum absolute atomic E-state index is 5.45. The van der Waals surface area contributed by atoms with Crippen molar-refractivity contribution in [1.82, 2.24) is 4.98 Å². The summed E-state index contributed by atoms with van der Waals surface area (Å²) in [6.45, 7) is 1.99. The lowest BCUT2D eigenvalue weighted by atomic mass is 9.99. The standard InChI is InChI=1S/C19H19NO3/c1-12-8-9-15-14(6-5-7-16(15)20-12)13-10-17(21-2)19(23-4)18(11-13)22-3/h5-11H,1-4H3. The molecule has 0 atom stereocenters. The SMILES string of the molecule is COc1cc(-c2cccc3nc(C)ccc23)cc(OC)c1OC. The van der Waals surface area contributed by atoms with Gasteiger partial charge in [-0.25, -0.2) is 0 Å². The fourth-order valence-corrected chi connectivity index (χ4v) is 2.75. The minimum Gasteiger partial charge on any atom is -0.493 e. The van der Waals surface area contributed by atoms with Gasteiger partial charge in [0.15, 0.2) is 11.5 Å². The van der Waals surface area contributed by atoms with Crippen LogP contribution in [0.5, 0.6) is 17.2 Å². The highest BCUT2D eigenvalue weighted by molar-refractivity contribution is 5.95. The van der Waals surface area contributed by atoms with Gasteiger partial charge >= 0.3 is 0 Å². The van der Waals surface area contributed by atoms with Gasteiger partial charge in [-0.3, -0.25) is 4.98 Å². The van der Waals surface area contributed by atoms with Crippen molar-refractivity contribution in [2.45, 2.75) is 6.92 Å². The number of rotatable bonds is 4. The van der Waals surface area contributed by atoms with E-state index in [2.05, 4.69) is 17.1 Å². The summed E-state index contributed by atoms with van der Waals surface area (Å²) in [5.41, 5.74) is 4.04. The molecule has 0 bridgehead atoms. The number of hydrogen-bond acceptors (Lipinski definition) is 4. The number of pyridine rings is 1. The number of hydrogen-bond donors (Lipinski definition) is 0. The van der Waals surface area contributed by atoms with Gasteiger partial charge in [-0.05, 0) is 42.3 Å². The predicted octanol–water partition coefficient (Wildman–Crippen LogP) is 4.24. The van der Waals surface area contributed by atoms with Crippen molar-refractivity contribution in [3.05, 3.63) is 48.2 Å². The number of benzene rings is 2. The topological polar surface area (TPSA) is 40.6 Å². The molecule has 1 heterocycles. The van der Waals surface area contributed by atoms with Gasteiger partial charge in [0, 0.05) is 11.1 Å². The summed E-state index contributed by atoms with van der Waals surface area (Å²) < 4.78 is 16.3. The zero-order valence-electron chi connectivity index (χ0n) is 13.7. The number of methoxy groups -OCH3 is 3. The van der Waals surface area contributed by atoms with Gasteiger partial charge in [-0.2, -0.15) is 0 Å². The molecule has 0 unspecified atom stereocenters. The second kappa shape index (κ2) is 6.16. The van der Waals surface area contributed by atoms with Crippen molar-refractivity contribution in [3.8, 4) is 28.4 Å². The highest BCUT2D eigenvalue weighted by Crippen LogP contribution is 2.42. The van der Waals surface area contributed by atoms with E-state index in [1.807, 2.05) is 37.3 Å². The minimum atomic E-state index is 0.591. The summed E-state index contributed by atoms with van der Waals surface area (Å²) in [5, 5.41) is 1.09. The van der Waals surface area contributed by atoms with Gasteiger partial charge in [0.25, 0.3) is 0 Å². The lowest BCUT2D eigenvalue weighted by Crippen LogP contribution is -1.96. The zero-order valence-corrected chi connectivity index (χ0v) is 13.7. The normalized spacial score (nSPS) is 10.6. The lowest BCUT2D eigenvalue weighted by molar-refractivity contribution is 0.324. The number of aromatic nitrogens is 1. The van der Waals surface area contributed by atoms with Gasteiger partial charge in [-0.1, -0.05) is 18.2 Å². The molecule has 0 saturated carbocycles. The van der Waals surface area contributed by atoms with E-state index in [-0.39, 0.29) is 0 Å². The Bertz CT molecular complexity index is 833. The molecule has 23 heavy (non-hydrogen) atoms. The van der Waals surface area contributed by atoms with E-state index in [1.54, 1.807) is 21.3 Å². The van der Waals surface area contributed by atoms with E-state index in [9.17, 15) is 0 Å². The quantitative estimate of drug-likeness (QED) is 0.723. The first-order valence-electron chi connectivity index (χ1n) is 7.34. The molecule has 3 aromatic rings. The molecule has 4 heteroatoms. The van der Waals surface area contributed by atoms with Crippen LogP contribution in [0, 0.1) is 6.92 Å². The maximum Gasteiger partial charge on any atom is 0.203 e. The van der Waals surface area contributed by atoms with Crippen LogP contribution in [0.1, 0.15) is 5.69 Å². The van der Waals surface area contributed by atoms with Crippen LogP contribution in [0.25, 0.3) is 22.0 Å². The van der Waals surface area contributed by atoms with Gasteiger partial charge in [0.1, 0.15) is 0 Å². The van der Waals surface area contributed by atoms with Crippen molar-refractivity contribution in [2.75, 3.05) is 21.3 Å². The van der Waals surface area contributed by atoms with Crippen LogP contribution in [0.3, 0.4) is 0 Å². The molecule has 118 valence electrons. The summed E-state index contributed by atoms with van der Waals surface area (Å²) in [6.07, 6.45) is 0. The summed E-state index contributed by atoms with van der Waals surface area (Å²) >= 11 is 0. The van der Waals surface area contributed by atoms with E-state index in [0.717, 1.165) is 27.7 Å². The molecule has 0 aliphatic rings. The molecule has 1 aromatic heterocycles. The van der Waals surface area contributed by atoms with Gasteiger partial charge in [0.2, 0.25) is 5.75 Å². The third-order valence-corrected chi connectivity index (χ3v) is 3.85. The second-order valence-corrected chi connectivity index (χ2v) is 5.24. The first kappa shape index (κ1) is 15.2. The van der Waals surface area contributed by atoms with Crippen LogP contribution in [0.4, 0.5) is 0 Å². The average Bonchev–Trinajstić information content (AvgIpc) is 2.59. The van der Waals surface area contributed by atoms with E-state index in [0.29, 0.717) is 17.2 Å². The third-order valence-electron chi connectivity index (χ3n) is 3.85. The summed E-state index contributed by atoms with van der Waals surface area (Å²) in [6, 6.07) is 14.1. The molecular formula is C19H19NO3. The molecule has 0 radical (unpaired) electrons. The zero-order chi connectivity index (χ0) is 16.4. The van der Waals surface area contributed by atoms with Crippen LogP contribution in [-0.2, 0) is 0 Å². The predicted molar refractivity (Wildman–Crippen MR) is 91.6 cm³/mol. The molecule has 3 rings (SSSR count). The number of nitrogens with zero attached hydrogens (tertiary/aromatic N) is 1. The van der Waals surface area contributed by atoms with E-state index in [1.165, 1.54) is 0 Å². The molecule has 0 aliphatic heterocycles. The average molecular weight is 309 g/mol. The summed E-state index contributed by atoms with van der Waals surface area (Å²) in [7, 11) is 4.84. The fourth-order valence-electron chi connectivity index (χ4n) is 2.75. The van der Waals surface area contributed by atoms with E-state index >= 15 is 0 Å². The van der Waals surface area contributed by atoms with Crippen LogP contribution >= 0.6 is 0 Å². The Kier molecular flexibility index (Phi) is 4.06. The van der Waals surface area contributed by atoms with Crippen molar-refractivity contribution in [1.29, 1.82) is 0 Å². The minimum absolute atomic E-state index is 0.591. The number of ether oxygens (including phenoxy) is 3. The first-order chi connectivity index (χ1) is 11.2. The van der Waals surface area contributed by atoms with Crippen molar-refractivity contribution in [2.24, 2.45) is 0 Å². The lowest BCUT2D eigenvalue weighted by Gasteiger charge is -2.15. The number of fused-ring (bicyclic) bond motifs is 1. The summed E-state index contributed by atoms with van der Waals surface area (Å²) in [4.78, 5) is 4.59. The number of aryl methyl sites for hydroxylation is 1. The Morgan fingerprint density at radius 1 is 0.826 bits per heavy atom. The molecule has 0 aliphatic carbocycles. The Labute approximate surface area is 135 Å². The van der Waals surface area contributed by atoms with E-state index in [4.69, 9.17) is 14.2 Å². The third kappa shape index (κ3) is 2.68. The maximum atomic E-state index is 5.45. The second-order valence-electron chi connectivity index (χ2n) is 5.24. The van der Waals surface area contributed by atoms with Crippen molar-refractivity contribution >= 4 is 10.9 Å². The highest BCUT2D eigenvalue weighted by atomic mass is 16.5. The Morgan fingerprint density at radius 2 is 1.52 bits per heavy atom. The summed E-state index contributed by atoms with van der Waals surface area (Å²) in [5.74, 6) is 1.87. The molecule has 0 fully saturated rings. The van der Waals surface area contributed by atoms with Gasteiger partial charge in [0.05, 0.1) is 26.8 Å². The molecule has 0 spiro atoms. The monoisotopic (exact) mass is 309 g/mol. The van der Waals surface area contributed by atoms with Crippen LogP contribution in [-0.4, -0.2) is 26.3 Å². The fraction of sp³-hybridized carbons (Fsp3) is 0.211. The van der Waals surface area contributed by atoms with Crippen molar-refractivity contribution < 1.29 is 14.2 Å². The molecule has 0 amide bonds. The molecule has 0 saturated heterocycles. The van der Waals surface area contributed by atoms with E-state index < -0.39 is 0 Å². The molecule has 0 N–H and O–H groups in total. The van der Waals surface area contributed by atoms with Crippen LogP contribution in [0.2, 0.25) is 0 Å². The molecule has 2 aromatic carbocycles. The molecular weight excluding hydrogens is 290 g/mol. The highest BCUT2D eigenvalue weighted by Gasteiger charge is 2.15. The Balaban J connectivity index is 2.26. The van der Waals surface area contributed by atoms with Crippen molar-refractivity contribution in [3.63, 3.8) is 0 Å². The van der Waals surface area contributed by atoms with Crippen LogP contribution in [0.15, 0.2) is 42.5 Å². The Hall–Kier alpha value is -2.75. The largest absolute Gasteiger partial charge is 0.493 e. The van der Waals surface area contributed by atoms with Gasteiger partial charge in [-0.15, -0.1) is 0 Å². The smallest absolute Gasteiger partial charge is 0.203 e.